The first-order valence-corrected chi connectivity index (χ1v) is 11.1. The summed E-state index contributed by atoms with van der Waals surface area (Å²) in [4.78, 5) is 27.7. The van der Waals surface area contributed by atoms with Gasteiger partial charge in [0.25, 0.3) is 5.91 Å². The number of benzene rings is 2. The van der Waals surface area contributed by atoms with E-state index in [2.05, 4.69) is 11.4 Å². The summed E-state index contributed by atoms with van der Waals surface area (Å²) in [6.07, 6.45) is 1.39. The van der Waals surface area contributed by atoms with Gasteiger partial charge in [0.05, 0.1) is 0 Å². The SMILES string of the molecule is CCCNC(=O)[C@H](CC)N(Cc1ccc(C)cc1)C(=O)COc1cc(C)cc(C)c1C. The van der Waals surface area contributed by atoms with Gasteiger partial charge in [0.15, 0.2) is 6.61 Å². The Bertz CT molecular complexity index is 890. The summed E-state index contributed by atoms with van der Waals surface area (Å²) >= 11 is 0. The van der Waals surface area contributed by atoms with Crippen molar-refractivity contribution in [1.29, 1.82) is 0 Å². The summed E-state index contributed by atoms with van der Waals surface area (Å²) < 4.78 is 5.93. The molecule has 0 bridgehead atoms. The minimum atomic E-state index is -0.538. The van der Waals surface area contributed by atoms with E-state index in [1.165, 1.54) is 0 Å². The second-order valence-corrected chi connectivity index (χ2v) is 8.22. The van der Waals surface area contributed by atoms with Crippen LogP contribution in [0.2, 0.25) is 0 Å². The van der Waals surface area contributed by atoms with Gasteiger partial charge >= 0.3 is 0 Å². The number of amides is 2. The van der Waals surface area contributed by atoms with Crippen LogP contribution in [-0.4, -0.2) is 35.9 Å². The lowest BCUT2D eigenvalue weighted by atomic mass is 10.1. The third-order valence-corrected chi connectivity index (χ3v) is 5.52. The quantitative estimate of drug-likeness (QED) is 0.605. The molecule has 1 N–H and O–H groups in total. The van der Waals surface area contributed by atoms with Gasteiger partial charge in [-0.25, -0.2) is 0 Å². The van der Waals surface area contributed by atoms with Crippen molar-refractivity contribution >= 4 is 11.8 Å². The van der Waals surface area contributed by atoms with Crippen molar-refractivity contribution < 1.29 is 14.3 Å². The van der Waals surface area contributed by atoms with Gasteiger partial charge in [0.2, 0.25) is 5.91 Å². The molecule has 0 spiro atoms. The predicted molar refractivity (Wildman–Crippen MR) is 125 cm³/mol. The molecule has 31 heavy (non-hydrogen) atoms. The standard InChI is InChI=1S/C26H36N2O3/c1-7-13-27-26(30)23(8-2)28(16-22-11-9-18(3)10-12-22)25(29)17-31-24-15-19(4)14-20(5)21(24)6/h9-12,14-15,23H,7-8,13,16-17H2,1-6H3,(H,27,30)/t23-/m0/s1. The molecule has 2 rings (SSSR count). The molecule has 0 fully saturated rings. The minimum Gasteiger partial charge on any atom is -0.483 e. The van der Waals surface area contributed by atoms with Crippen LogP contribution in [0.15, 0.2) is 36.4 Å². The third-order valence-electron chi connectivity index (χ3n) is 5.52. The van der Waals surface area contributed by atoms with Gasteiger partial charge in [-0.3, -0.25) is 9.59 Å². The zero-order chi connectivity index (χ0) is 23.0. The van der Waals surface area contributed by atoms with Gasteiger partial charge in [-0.1, -0.05) is 49.7 Å². The molecule has 0 heterocycles. The number of rotatable bonds is 10. The van der Waals surface area contributed by atoms with Gasteiger partial charge in [-0.2, -0.15) is 0 Å². The Morgan fingerprint density at radius 1 is 1.00 bits per heavy atom. The lowest BCUT2D eigenvalue weighted by Crippen LogP contribution is -2.50. The predicted octanol–water partition coefficient (Wildman–Crippen LogP) is 4.63. The summed E-state index contributed by atoms with van der Waals surface area (Å²) in [6, 6.07) is 11.5. The molecule has 0 radical (unpaired) electrons. The number of carbonyl (C=O) groups is 2. The molecule has 5 nitrogen and oxygen atoms in total. The molecule has 168 valence electrons. The van der Waals surface area contributed by atoms with E-state index in [-0.39, 0.29) is 18.4 Å². The van der Waals surface area contributed by atoms with E-state index in [1.54, 1.807) is 4.90 Å². The third kappa shape index (κ3) is 6.84. The van der Waals surface area contributed by atoms with Gasteiger partial charge in [-0.15, -0.1) is 0 Å². The molecule has 2 amide bonds. The van der Waals surface area contributed by atoms with Crippen LogP contribution in [0.4, 0.5) is 0 Å². The van der Waals surface area contributed by atoms with Crippen molar-refractivity contribution in [3.05, 3.63) is 64.2 Å². The van der Waals surface area contributed by atoms with Crippen LogP contribution in [0.5, 0.6) is 5.75 Å². The van der Waals surface area contributed by atoms with Crippen molar-refractivity contribution in [3.8, 4) is 5.75 Å². The van der Waals surface area contributed by atoms with Gasteiger partial charge in [0.1, 0.15) is 11.8 Å². The first-order chi connectivity index (χ1) is 14.8. The maximum absolute atomic E-state index is 13.3. The molecule has 0 saturated carbocycles. The minimum absolute atomic E-state index is 0.104. The Balaban J connectivity index is 2.24. The zero-order valence-corrected chi connectivity index (χ0v) is 19.7. The first kappa shape index (κ1) is 24.4. The summed E-state index contributed by atoms with van der Waals surface area (Å²) in [7, 11) is 0. The van der Waals surface area contributed by atoms with Crippen LogP contribution in [0, 0.1) is 27.7 Å². The second-order valence-electron chi connectivity index (χ2n) is 8.22. The van der Waals surface area contributed by atoms with E-state index < -0.39 is 6.04 Å². The number of hydrogen-bond donors (Lipinski definition) is 1. The Labute approximate surface area is 186 Å². The Hall–Kier alpha value is -2.82. The fraction of sp³-hybridized carbons (Fsp3) is 0.462. The number of aryl methyl sites for hydroxylation is 3. The Morgan fingerprint density at radius 2 is 1.68 bits per heavy atom. The fourth-order valence-electron chi connectivity index (χ4n) is 3.55. The van der Waals surface area contributed by atoms with Crippen molar-refractivity contribution in [2.24, 2.45) is 0 Å². The second kappa shape index (κ2) is 11.5. The number of nitrogens with one attached hydrogen (secondary N) is 1. The molecule has 0 aliphatic carbocycles. The number of hydrogen-bond acceptors (Lipinski definition) is 3. The largest absolute Gasteiger partial charge is 0.483 e. The van der Waals surface area contributed by atoms with Gasteiger partial charge < -0.3 is 15.0 Å². The Kier molecular flexibility index (Phi) is 9.10. The molecule has 0 saturated heterocycles. The molecule has 0 unspecified atom stereocenters. The number of nitrogens with zero attached hydrogens (tertiary/aromatic N) is 1. The van der Waals surface area contributed by atoms with Gasteiger partial charge in [-0.05, 0) is 68.9 Å². The molecular formula is C26H36N2O3. The van der Waals surface area contributed by atoms with Crippen LogP contribution in [0.1, 0.15) is 54.5 Å². The highest BCUT2D eigenvalue weighted by Crippen LogP contribution is 2.23. The number of carbonyl (C=O) groups excluding carboxylic acids is 2. The van der Waals surface area contributed by atoms with Crippen molar-refractivity contribution in [3.63, 3.8) is 0 Å². The maximum Gasteiger partial charge on any atom is 0.261 e. The van der Waals surface area contributed by atoms with Crippen molar-refractivity contribution in [2.45, 2.75) is 67.0 Å². The molecule has 0 aromatic heterocycles. The van der Waals surface area contributed by atoms with E-state index in [0.29, 0.717) is 25.3 Å². The maximum atomic E-state index is 13.3. The monoisotopic (exact) mass is 424 g/mol. The van der Waals surface area contributed by atoms with E-state index >= 15 is 0 Å². The molecule has 5 heteroatoms. The van der Waals surface area contributed by atoms with Crippen LogP contribution >= 0.6 is 0 Å². The average Bonchev–Trinajstić information content (AvgIpc) is 2.74. The highest BCUT2D eigenvalue weighted by atomic mass is 16.5. The van der Waals surface area contributed by atoms with Crippen LogP contribution in [0.25, 0.3) is 0 Å². The van der Waals surface area contributed by atoms with Crippen LogP contribution in [0.3, 0.4) is 0 Å². The van der Waals surface area contributed by atoms with Crippen molar-refractivity contribution in [2.75, 3.05) is 13.2 Å². The molecule has 2 aromatic carbocycles. The molecule has 0 aliphatic rings. The van der Waals surface area contributed by atoms with E-state index in [0.717, 1.165) is 34.2 Å². The van der Waals surface area contributed by atoms with Crippen molar-refractivity contribution in [1.82, 2.24) is 10.2 Å². The topological polar surface area (TPSA) is 58.6 Å². The first-order valence-electron chi connectivity index (χ1n) is 11.1. The molecule has 0 aliphatic heterocycles. The smallest absolute Gasteiger partial charge is 0.261 e. The summed E-state index contributed by atoms with van der Waals surface area (Å²) in [6.45, 7) is 12.9. The average molecular weight is 425 g/mol. The lowest BCUT2D eigenvalue weighted by molar-refractivity contribution is -0.143. The highest BCUT2D eigenvalue weighted by Gasteiger charge is 2.28. The van der Waals surface area contributed by atoms with Gasteiger partial charge in [0, 0.05) is 13.1 Å². The highest BCUT2D eigenvalue weighted by molar-refractivity contribution is 5.88. The molecular weight excluding hydrogens is 388 g/mol. The summed E-state index contributed by atoms with van der Waals surface area (Å²) in [5.74, 6) is 0.398. The van der Waals surface area contributed by atoms with E-state index in [1.807, 2.05) is 71.9 Å². The zero-order valence-electron chi connectivity index (χ0n) is 19.7. The van der Waals surface area contributed by atoms with E-state index in [4.69, 9.17) is 4.74 Å². The summed E-state index contributed by atoms with van der Waals surface area (Å²) in [5.41, 5.74) is 5.39. The molecule has 2 aromatic rings. The lowest BCUT2D eigenvalue weighted by Gasteiger charge is -2.30. The summed E-state index contributed by atoms with van der Waals surface area (Å²) in [5, 5.41) is 2.94. The fourth-order valence-corrected chi connectivity index (χ4v) is 3.55. The van der Waals surface area contributed by atoms with Crippen LogP contribution < -0.4 is 10.1 Å². The Morgan fingerprint density at radius 3 is 2.29 bits per heavy atom. The normalized spacial score (nSPS) is 11.7. The number of ether oxygens (including phenoxy) is 1. The van der Waals surface area contributed by atoms with E-state index in [9.17, 15) is 9.59 Å². The van der Waals surface area contributed by atoms with Crippen LogP contribution in [-0.2, 0) is 16.1 Å². The molecule has 1 atom stereocenters.